The molecule has 1 N–H and O–H groups in total. The predicted octanol–water partition coefficient (Wildman–Crippen LogP) is 3.50. The van der Waals surface area contributed by atoms with E-state index in [-0.39, 0.29) is 16.0 Å². The van der Waals surface area contributed by atoms with E-state index in [1.807, 2.05) is 0 Å². The van der Waals surface area contributed by atoms with Gasteiger partial charge in [0.15, 0.2) is 0 Å². The van der Waals surface area contributed by atoms with Crippen LogP contribution in [0.2, 0.25) is 0 Å². The summed E-state index contributed by atoms with van der Waals surface area (Å²) in [5, 5.41) is 8.78. The molecule has 6 heteroatoms. The Balaban J connectivity index is 3.35. The lowest BCUT2D eigenvalue weighted by Gasteiger charge is -2.14. The third-order valence-corrected chi connectivity index (χ3v) is 2.66. The molecular formula is C8H5Cl3O2S. The Bertz CT molecular complexity index is 373. The van der Waals surface area contributed by atoms with Crippen molar-refractivity contribution in [3.05, 3.63) is 29.3 Å². The summed E-state index contributed by atoms with van der Waals surface area (Å²) in [4.78, 5) is 10.9. The van der Waals surface area contributed by atoms with Crippen LogP contribution in [0.5, 0.6) is 0 Å². The minimum absolute atomic E-state index is 0.0113. The van der Waals surface area contributed by atoms with Gasteiger partial charge in [-0.25, -0.2) is 4.79 Å². The summed E-state index contributed by atoms with van der Waals surface area (Å²) in [5.74, 6) is -1.11. The van der Waals surface area contributed by atoms with Gasteiger partial charge in [-0.15, -0.1) is 12.6 Å². The minimum Gasteiger partial charge on any atom is -0.478 e. The Morgan fingerprint density at radius 1 is 1.36 bits per heavy atom. The van der Waals surface area contributed by atoms with Crippen molar-refractivity contribution in [3.8, 4) is 0 Å². The molecule has 14 heavy (non-hydrogen) atoms. The zero-order chi connectivity index (χ0) is 10.9. The Morgan fingerprint density at radius 2 is 1.93 bits per heavy atom. The number of benzene rings is 1. The molecule has 0 aliphatic heterocycles. The highest BCUT2D eigenvalue weighted by molar-refractivity contribution is 7.80. The van der Waals surface area contributed by atoms with E-state index in [4.69, 9.17) is 39.9 Å². The summed E-state index contributed by atoms with van der Waals surface area (Å²) in [7, 11) is 0. The van der Waals surface area contributed by atoms with Crippen LogP contribution in [0, 0.1) is 0 Å². The fourth-order valence-corrected chi connectivity index (χ4v) is 2.03. The number of hydrogen-bond donors (Lipinski definition) is 2. The van der Waals surface area contributed by atoms with Crippen LogP contribution in [0.15, 0.2) is 23.1 Å². The number of alkyl halides is 3. The number of carbonyl (C=O) groups is 1. The molecule has 0 atom stereocenters. The van der Waals surface area contributed by atoms with Crippen LogP contribution in [0.4, 0.5) is 0 Å². The Morgan fingerprint density at radius 3 is 2.36 bits per heavy atom. The highest BCUT2D eigenvalue weighted by atomic mass is 35.6. The SMILES string of the molecule is O=C(O)c1cccc(C(Cl)(Cl)Cl)c1S. The van der Waals surface area contributed by atoms with Crippen molar-refractivity contribution in [2.24, 2.45) is 0 Å². The van der Waals surface area contributed by atoms with E-state index in [0.717, 1.165) is 0 Å². The van der Waals surface area contributed by atoms with Gasteiger partial charge < -0.3 is 5.11 Å². The van der Waals surface area contributed by atoms with Gasteiger partial charge in [-0.05, 0) is 6.07 Å². The van der Waals surface area contributed by atoms with Gasteiger partial charge >= 0.3 is 5.97 Å². The van der Waals surface area contributed by atoms with Gasteiger partial charge in [-0.3, -0.25) is 0 Å². The molecule has 1 rings (SSSR count). The first-order chi connectivity index (χ1) is 6.34. The van der Waals surface area contributed by atoms with E-state index in [9.17, 15) is 4.79 Å². The molecule has 0 fully saturated rings. The van der Waals surface area contributed by atoms with Crippen LogP contribution in [0.25, 0.3) is 0 Å². The average molecular weight is 272 g/mol. The molecule has 0 radical (unpaired) electrons. The van der Waals surface area contributed by atoms with Crippen molar-refractivity contribution in [1.29, 1.82) is 0 Å². The second-order valence-corrected chi connectivity index (χ2v) is 5.23. The van der Waals surface area contributed by atoms with Crippen LogP contribution in [-0.4, -0.2) is 11.1 Å². The van der Waals surface area contributed by atoms with Gasteiger partial charge in [0.2, 0.25) is 3.79 Å². The quantitative estimate of drug-likeness (QED) is 0.606. The molecule has 1 aromatic rings. The molecule has 76 valence electrons. The molecule has 2 nitrogen and oxygen atoms in total. The molecule has 0 aliphatic carbocycles. The van der Waals surface area contributed by atoms with Crippen molar-refractivity contribution in [2.45, 2.75) is 8.69 Å². The van der Waals surface area contributed by atoms with Crippen LogP contribution in [0.1, 0.15) is 15.9 Å². The van der Waals surface area contributed by atoms with E-state index < -0.39 is 9.76 Å². The maximum Gasteiger partial charge on any atom is 0.336 e. The number of thiol groups is 1. The fraction of sp³-hybridized carbons (Fsp3) is 0.125. The van der Waals surface area contributed by atoms with Crippen LogP contribution in [0.3, 0.4) is 0 Å². The van der Waals surface area contributed by atoms with Crippen LogP contribution in [-0.2, 0) is 3.79 Å². The van der Waals surface area contributed by atoms with Gasteiger partial charge in [0.25, 0.3) is 0 Å². The van der Waals surface area contributed by atoms with Crippen molar-refractivity contribution < 1.29 is 9.90 Å². The number of rotatable bonds is 1. The number of carboxylic acid groups (broad SMARTS) is 1. The summed E-state index contributed by atoms with van der Waals surface area (Å²) < 4.78 is -1.66. The van der Waals surface area contributed by atoms with Crippen molar-refractivity contribution >= 4 is 53.4 Å². The van der Waals surface area contributed by atoms with Gasteiger partial charge in [0, 0.05) is 10.5 Å². The standard InChI is InChI=1S/C8H5Cl3O2S/c9-8(10,11)5-3-1-2-4(6(5)14)7(12)13/h1-3,14H,(H,12,13). The molecule has 1 aromatic carbocycles. The smallest absolute Gasteiger partial charge is 0.336 e. The van der Waals surface area contributed by atoms with E-state index in [1.165, 1.54) is 18.2 Å². The molecule has 0 heterocycles. The van der Waals surface area contributed by atoms with E-state index >= 15 is 0 Å². The Kier molecular flexibility index (Phi) is 3.58. The summed E-state index contributed by atoms with van der Waals surface area (Å²) in [6.07, 6.45) is 0. The average Bonchev–Trinajstić information content (AvgIpc) is 2.01. The lowest BCUT2D eigenvalue weighted by Crippen LogP contribution is -2.06. The number of hydrogen-bond acceptors (Lipinski definition) is 2. The van der Waals surface area contributed by atoms with E-state index in [0.29, 0.717) is 0 Å². The molecule has 0 aromatic heterocycles. The summed E-state index contributed by atoms with van der Waals surface area (Å²) in [5.41, 5.74) is 0.267. The molecule has 0 spiro atoms. The predicted molar refractivity (Wildman–Crippen MR) is 59.9 cm³/mol. The van der Waals surface area contributed by atoms with Gasteiger partial charge in [-0.2, -0.15) is 0 Å². The first-order valence-electron chi connectivity index (χ1n) is 3.46. The normalized spacial score (nSPS) is 11.4. The third-order valence-electron chi connectivity index (χ3n) is 1.57. The summed E-state index contributed by atoms with van der Waals surface area (Å²) >= 11 is 20.9. The van der Waals surface area contributed by atoms with Crippen molar-refractivity contribution in [3.63, 3.8) is 0 Å². The van der Waals surface area contributed by atoms with Gasteiger partial charge in [0.05, 0.1) is 5.56 Å². The maximum atomic E-state index is 10.7. The van der Waals surface area contributed by atoms with Crippen molar-refractivity contribution in [1.82, 2.24) is 0 Å². The first-order valence-corrected chi connectivity index (χ1v) is 5.04. The molecule has 0 saturated heterocycles. The zero-order valence-corrected chi connectivity index (χ0v) is 9.83. The van der Waals surface area contributed by atoms with Gasteiger partial charge in [0.1, 0.15) is 0 Å². The number of aromatic carboxylic acids is 1. The Labute approximate surface area is 101 Å². The minimum atomic E-state index is -1.66. The lowest BCUT2D eigenvalue weighted by molar-refractivity contribution is 0.0693. The first kappa shape index (κ1) is 12.0. The molecule has 0 aliphatic rings. The molecule has 0 amide bonds. The molecule has 0 saturated carbocycles. The third kappa shape index (κ3) is 2.48. The van der Waals surface area contributed by atoms with Crippen LogP contribution >= 0.6 is 47.4 Å². The lowest BCUT2D eigenvalue weighted by atomic mass is 10.1. The second kappa shape index (κ2) is 4.19. The summed E-state index contributed by atoms with van der Waals surface area (Å²) in [6, 6.07) is 4.41. The van der Waals surface area contributed by atoms with Gasteiger partial charge in [-0.1, -0.05) is 46.9 Å². The number of carboxylic acids is 1. The zero-order valence-electron chi connectivity index (χ0n) is 6.67. The second-order valence-electron chi connectivity index (χ2n) is 2.50. The van der Waals surface area contributed by atoms with E-state index in [2.05, 4.69) is 12.6 Å². The Hall–Kier alpha value is -0.0900. The van der Waals surface area contributed by atoms with Crippen LogP contribution < -0.4 is 0 Å². The monoisotopic (exact) mass is 270 g/mol. The fourth-order valence-electron chi connectivity index (χ4n) is 0.945. The molecule has 0 unspecified atom stereocenters. The largest absolute Gasteiger partial charge is 0.478 e. The summed E-state index contributed by atoms with van der Waals surface area (Å²) in [6.45, 7) is 0. The van der Waals surface area contributed by atoms with E-state index in [1.54, 1.807) is 0 Å². The van der Waals surface area contributed by atoms with Crippen molar-refractivity contribution in [2.75, 3.05) is 0 Å². The highest BCUT2D eigenvalue weighted by Gasteiger charge is 2.27. The highest BCUT2D eigenvalue weighted by Crippen LogP contribution is 2.41. The molecule has 0 bridgehead atoms. The maximum absolute atomic E-state index is 10.7. The molecular weight excluding hydrogens is 267 g/mol. The number of halogens is 3. The topological polar surface area (TPSA) is 37.3 Å².